The predicted octanol–water partition coefficient (Wildman–Crippen LogP) is 0.856. The van der Waals surface area contributed by atoms with Gasteiger partial charge in [0.25, 0.3) is 0 Å². The van der Waals surface area contributed by atoms with Gasteiger partial charge in [-0.25, -0.2) is 0 Å². The molecule has 3 nitrogen and oxygen atoms in total. The Labute approximate surface area is 96.6 Å². The SMILES string of the molecule is c1ccc(C2CNC3CNNCC3C2)cc1. The standard InChI is InChI=1S/C13H19N3/c1-2-4-10(5-3-1)11-6-12-8-15-16-9-13(12)14-7-11/h1-5,11-16H,6-9H2. The molecule has 2 aliphatic rings. The second kappa shape index (κ2) is 4.53. The summed E-state index contributed by atoms with van der Waals surface area (Å²) in [5, 5.41) is 3.67. The quantitative estimate of drug-likeness (QED) is 0.653. The summed E-state index contributed by atoms with van der Waals surface area (Å²) in [6.45, 7) is 3.25. The summed E-state index contributed by atoms with van der Waals surface area (Å²) in [7, 11) is 0. The predicted molar refractivity (Wildman–Crippen MR) is 65.1 cm³/mol. The third-order valence-electron chi connectivity index (χ3n) is 3.86. The Morgan fingerprint density at radius 3 is 2.62 bits per heavy atom. The van der Waals surface area contributed by atoms with Gasteiger partial charge in [-0.2, -0.15) is 0 Å². The van der Waals surface area contributed by atoms with Crippen molar-refractivity contribution in [3.63, 3.8) is 0 Å². The molecule has 0 spiro atoms. The van der Waals surface area contributed by atoms with E-state index >= 15 is 0 Å². The van der Waals surface area contributed by atoms with E-state index in [1.54, 1.807) is 0 Å². The highest BCUT2D eigenvalue weighted by molar-refractivity contribution is 5.21. The molecule has 0 saturated carbocycles. The molecule has 3 atom stereocenters. The van der Waals surface area contributed by atoms with Gasteiger partial charge in [0.05, 0.1) is 0 Å². The Balaban J connectivity index is 1.71. The first-order valence-electron chi connectivity index (χ1n) is 6.17. The van der Waals surface area contributed by atoms with Crippen LogP contribution in [-0.4, -0.2) is 25.7 Å². The van der Waals surface area contributed by atoms with Gasteiger partial charge in [-0.3, -0.25) is 10.9 Å². The molecule has 2 heterocycles. The number of benzene rings is 1. The van der Waals surface area contributed by atoms with E-state index in [-0.39, 0.29) is 0 Å². The molecule has 2 aliphatic heterocycles. The van der Waals surface area contributed by atoms with Gasteiger partial charge in [0.1, 0.15) is 0 Å². The number of fused-ring (bicyclic) bond motifs is 1. The third kappa shape index (κ3) is 1.98. The summed E-state index contributed by atoms with van der Waals surface area (Å²) >= 11 is 0. The maximum atomic E-state index is 3.67. The summed E-state index contributed by atoms with van der Waals surface area (Å²) in [5.74, 6) is 1.45. The van der Waals surface area contributed by atoms with E-state index in [0.717, 1.165) is 25.6 Å². The molecule has 1 aromatic rings. The Bertz CT molecular complexity index is 338. The van der Waals surface area contributed by atoms with Crippen LogP contribution in [0.5, 0.6) is 0 Å². The molecular weight excluding hydrogens is 198 g/mol. The summed E-state index contributed by atoms with van der Waals surface area (Å²) in [4.78, 5) is 0. The van der Waals surface area contributed by atoms with Crippen LogP contribution in [0.2, 0.25) is 0 Å². The highest BCUT2D eigenvalue weighted by Crippen LogP contribution is 2.29. The van der Waals surface area contributed by atoms with Crippen molar-refractivity contribution in [2.75, 3.05) is 19.6 Å². The van der Waals surface area contributed by atoms with Gasteiger partial charge in [-0.1, -0.05) is 30.3 Å². The van der Waals surface area contributed by atoms with Gasteiger partial charge in [0.2, 0.25) is 0 Å². The van der Waals surface area contributed by atoms with Crippen molar-refractivity contribution in [1.29, 1.82) is 0 Å². The fourth-order valence-corrected chi connectivity index (χ4v) is 2.90. The topological polar surface area (TPSA) is 36.1 Å². The largest absolute Gasteiger partial charge is 0.312 e. The normalized spacial score (nSPS) is 34.4. The highest BCUT2D eigenvalue weighted by Gasteiger charge is 2.32. The zero-order valence-electron chi connectivity index (χ0n) is 9.45. The Morgan fingerprint density at radius 1 is 0.938 bits per heavy atom. The maximum absolute atomic E-state index is 3.67. The van der Waals surface area contributed by atoms with Gasteiger partial charge in [-0.05, 0) is 23.8 Å². The van der Waals surface area contributed by atoms with E-state index in [4.69, 9.17) is 0 Å². The number of nitrogens with one attached hydrogen (secondary N) is 3. The third-order valence-corrected chi connectivity index (χ3v) is 3.86. The van der Waals surface area contributed by atoms with E-state index in [2.05, 4.69) is 46.5 Å². The number of rotatable bonds is 1. The van der Waals surface area contributed by atoms with Crippen molar-refractivity contribution in [3.8, 4) is 0 Å². The molecule has 2 fully saturated rings. The Hall–Kier alpha value is -0.900. The molecule has 86 valence electrons. The monoisotopic (exact) mass is 217 g/mol. The van der Waals surface area contributed by atoms with Crippen LogP contribution in [0.25, 0.3) is 0 Å². The van der Waals surface area contributed by atoms with Crippen LogP contribution in [0.15, 0.2) is 30.3 Å². The van der Waals surface area contributed by atoms with Crippen molar-refractivity contribution in [1.82, 2.24) is 16.2 Å². The lowest BCUT2D eigenvalue weighted by Crippen LogP contribution is -2.59. The molecular formula is C13H19N3. The van der Waals surface area contributed by atoms with E-state index in [1.165, 1.54) is 12.0 Å². The molecule has 3 heteroatoms. The van der Waals surface area contributed by atoms with Crippen LogP contribution < -0.4 is 16.2 Å². The van der Waals surface area contributed by atoms with Gasteiger partial charge in [0.15, 0.2) is 0 Å². The zero-order chi connectivity index (χ0) is 10.8. The minimum atomic E-state index is 0.654. The average Bonchev–Trinajstić information content (AvgIpc) is 2.39. The molecule has 3 unspecified atom stereocenters. The Morgan fingerprint density at radius 2 is 1.75 bits per heavy atom. The van der Waals surface area contributed by atoms with E-state index in [1.807, 2.05) is 0 Å². The molecule has 0 aliphatic carbocycles. The minimum absolute atomic E-state index is 0.654. The number of hydrazine groups is 1. The van der Waals surface area contributed by atoms with Crippen LogP contribution in [0, 0.1) is 5.92 Å². The Kier molecular flexibility index (Phi) is 2.91. The van der Waals surface area contributed by atoms with Crippen molar-refractivity contribution in [2.24, 2.45) is 5.92 Å². The van der Waals surface area contributed by atoms with Crippen LogP contribution >= 0.6 is 0 Å². The van der Waals surface area contributed by atoms with Crippen LogP contribution in [0.1, 0.15) is 17.9 Å². The van der Waals surface area contributed by atoms with Gasteiger partial charge >= 0.3 is 0 Å². The van der Waals surface area contributed by atoms with Gasteiger partial charge < -0.3 is 5.32 Å². The molecule has 3 rings (SSSR count). The molecule has 0 radical (unpaired) electrons. The van der Waals surface area contributed by atoms with E-state index < -0.39 is 0 Å². The van der Waals surface area contributed by atoms with Crippen molar-refractivity contribution in [3.05, 3.63) is 35.9 Å². The molecule has 0 amide bonds. The number of piperidine rings is 1. The summed E-state index contributed by atoms with van der Waals surface area (Å²) < 4.78 is 0. The highest BCUT2D eigenvalue weighted by atomic mass is 15.4. The van der Waals surface area contributed by atoms with Crippen LogP contribution in [-0.2, 0) is 0 Å². The first-order valence-corrected chi connectivity index (χ1v) is 6.17. The number of hydrogen-bond acceptors (Lipinski definition) is 3. The molecule has 0 bridgehead atoms. The summed E-state index contributed by atoms with van der Waals surface area (Å²) in [6, 6.07) is 11.5. The van der Waals surface area contributed by atoms with Crippen molar-refractivity contribution in [2.45, 2.75) is 18.4 Å². The number of hydrogen-bond donors (Lipinski definition) is 3. The zero-order valence-corrected chi connectivity index (χ0v) is 9.45. The first kappa shape index (κ1) is 10.3. The maximum Gasteiger partial charge on any atom is 0.0257 e. The smallest absolute Gasteiger partial charge is 0.0257 e. The van der Waals surface area contributed by atoms with E-state index in [9.17, 15) is 0 Å². The second-order valence-corrected chi connectivity index (χ2v) is 4.88. The first-order chi connectivity index (χ1) is 7.93. The lowest BCUT2D eigenvalue weighted by atomic mass is 9.80. The summed E-state index contributed by atoms with van der Waals surface area (Å²) in [5.41, 5.74) is 7.97. The molecule has 2 saturated heterocycles. The fourth-order valence-electron chi connectivity index (χ4n) is 2.90. The molecule has 16 heavy (non-hydrogen) atoms. The van der Waals surface area contributed by atoms with Gasteiger partial charge in [0, 0.05) is 25.7 Å². The van der Waals surface area contributed by atoms with Crippen molar-refractivity contribution >= 4 is 0 Å². The second-order valence-electron chi connectivity index (χ2n) is 4.88. The lowest BCUT2D eigenvalue weighted by Gasteiger charge is -2.40. The van der Waals surface area contributed by atoms with Gasteiger partial charge in [-0.15, -0.1) is 0 Å². The van der Waals surface area contributed by atoms with Crippen molar-refractivity contribution < 1.29 is 0 Å². The molecule has 3 N–H and O–H groups in total. The lowest BCUT2D eigenvalue weighted by molar-refractivity contribution is 0.194. The van der Waals surface area contributed by atoms with Crippen LogP contribution in [0.3, 0.4) is 0 Å². The summed E-state index contributed by atoms with van der Waals surface area (Å²) in [6.07, 6.45) is 1.30. The van der Waals surface area contributed by atoms with E-state index in [0.29, 0.717) is 12.0 Å². The molecule has 1 aromatic carbocycles. The van der Waals surface area contributed by atoms with Crippen LogP contribution in [0.4, 0.5) is 0 Å². The fraction of sp³-hybridized carbons (Fsp3) is 0.538. The minimum Gasteiger partial charge on any atom is -0.312 e. The molecule has 0 aromatic heterocycles. The average molecular weight is 217 g/mol.